The molecule has 1 rings (SSSR count). The molecule has 1 aromatic rings. The zero-order valence-electron chi connectivity index (χ0n) is 16.2. The van der Waals surface area contributed by atoms with Crippen LogP contribution in [-0.4, -0.2) is 63.9 Å². The van der Waals surface area contributed by atoms with Crippen LogP contribution in [0, 0.1) is 0 Å². The first kappa shape index (κ1) is 27.5. The summed E-state index contributed by atoms with van der Waals surface area (Å²) in [5.74, 6) is -4.42. The van der Waals surface area contributed by atoms with Crippen molar-refractivity contribution in [3.63, 3.8) is 0 Å². The predicted octanol–water partition coefficient (Wildman–Crippen LogP) is -0.482. The SMILES string of the molecule is NC(N)=NCCC[C@H](NC(=O)[C@@H](N)Cc1ccc(O)cc1)C(=O)O.O=C(O)C(F)(F)F. The van der Waals surface area contributed by atoms with E-state index in [0.717, 1.165) is 5.56 Å². The average molecular weight is 451 g/mol. The van der Waals surface area contributed by atoms with Gasteiger partial charge in [-0.2, -0.15) is 13.2 Å². The standard InChI is InChI=1S/C15H23N5O4.C2HF3O2/c16-11(8-9-3-5-10(21)6-4-9)13(22)20-12(14(23)24)2-1-7-19-15(17)18;3-2(4,5)1(6)7/h3-6,11-12,21H,1-2,7-8,16H2,(H,20,22)(H,23,24)(H4,17,18,19);(H,6,7)/t11-,12-;/m0./s1. The third-order valence-electron chi connectivity index (χ3n) is 3.53. The Morgan fingerprint density at radius 1 is 1.10 bits per heavy atom. The molecule has 0 radical (unpaired) electrons. The number of guanidine groups is 1. The molecule has 1 amide bonds. The molecule has 1 aromatic carbocycles. The molecule has 2 atom stereocenters. The Morgan fingerprint density at radius 3 is 2.03 bits per heavy atom. The maximum absolute atomic E-state index is 12.1. The van der Waals surface area contributed by atoms with Gasteiger partial charge in [0.1, 0.15) is 11.8 Å². The van der Waals surface area contributed by atoms with Crippen molar-refractivity contribution in [2.24, 2.45) is 22.2 Å². The Labute approximate surface area is 174 Å². The summed E-state index contributed by atoms with van der Waals surface area (Å²) >= 11 is 0. The zero-order chi connectivity index (χ0) is 24.2. The van der Waals surface area contributed by atoms with E-state index in [1.165, 1.54) is 12.1 Å². The minimum Gasteiger partial charge on any atom is -0.508 e. The quantitative estimate of drug-likeness (QED) is 0.146. The Balaban J connectivity index is 0.00000110. The number of rotatable bonds is 9. The summed E-state index contributed by atoms with van der Waals surface area (Å²) in [4.78, 5) is 35.9. The molecule has 0 spiro atoms. The molecule has 0 fully saturated rings. The second-order valence-corrected chi connectivity index (χ2v) is 6.13. The summed E-state index contributed by atoms with van der Waals surface area (Å²) in [5.41, 5.74) is 16.9. The lowest BCUT2D eigenvalue weighted by Crippen LogP contribution is -2.49. The van der Waals surface area contributed by atoms with Crippen LogP contribution in [0.5, 0.6) is 5.75 Å². The van der Waals surface area contributed by atoms with E-state index in [1.54, 1.807) is 12.1 Å². The number of carboxylic acid groups (broad SMARTS) is 2. The number of phenolic OH excluding ortho intramolecular Hbond substituents is 1. The number of hydrogen-bond donors (Lipinski definition) is 7. The van der Waals surface area contributed by atoms with Gasteiger partial charge in [-0.05, 0) is 37.0 Å². The van der Waals surface area contributed by atoms with Gasteiger partial charge in [0.05, 0.1) is 6.04 Å². The van der Waals surface area contributed by atoms with Gasteiger partial charge in [0, 0.05) is 6.54 Å². The molecule has 0 heterocycles. The van der Waals surface area contributed by atoms with Crippen molar-refractivity contribution in [2.45, 2.75) is 37.5 Å². The Kier molecular flexibility index (Phi) is 11.4. The number of nitrogens with two attached hydrogens (primary N) is 3. The lowest BCUT2D eigenvalue weighted by Gasteiger charge is -2.17. The summed E-state index contributed by atoms with van der Waals surface area (Å²) in [7, 11) is 0. The van der Waals surface area contributed by atoms with E-state index < -0.39 is 36.1 Å². The highest BCUT2D eigenvalue weighted by Crippen LogP contribution is 2.13. The number of amides is 1. The molecule has 14 heteroatoms. The number of alkyl halides is 3. The van der Waals surface area contributed by atoms with Crippen molar-refractivity contribution in [3.8, 4) is 5.75 Å². The fourth-order valence-electron chi connectivity index (χ4n) is 2.02. The number of nitrogens with zero attached hydrogens (tertiary/aromatic N) is 1. The number of benzene rings is 1. The summed E-state index contributed by atoms with van der Waals surface area (Å²) in [6, 6.07) is 4.32. The number of aromatic hydroxyl groups is 1. The number of aliphatic imine (C=N–C) groups is 1. The number of carbonyl (C=O) groups excluding carboxylic acids is 1. The third kappa shape index (κ3) is 12.6. The van der Waals surface area contributed by atoms with E-state index in [0.29, 0.717) is 6.42 Å². The van der Waals surface area contributed by atoms with E-state index in [1.807, 2.05) is 0 Å². The number of carboxylic acids is 2. The lowest BCUT2D eigenvalue weighted by molar-refractivity contribution is -0.192. The van der Waals surface area contributed by atoms with Crippen LogP contribution in [-0.2, 0) is 20.8 Å². The Morgan fingerprint density at radius 2 is 1.61 bits per heavy atom. The van der Waals surface area contributed by atoms with Crippen LogP contribution in [0.3, 0.4) is 0 Å². The first-order chi connectivity index (χ1) is 14.2. The monoisotopic (exact) mass is 451 g/mol. The van der Waals surface area contributed by atoms with E-state index >= 15 is 0 Å². The number of carbonyl (C=O) groups is 3. The third-order valence-corrected chi connectivity index (χ3v) is 3.53. The van der Waals surface area contributed by atoms with Gasteiger partial charge >= 0.3 is 18.1 Å². The average Bonchev–Trinajstić information content (AvgIpc) is 2.65. The minimum absolute atomic E-state index is 0.0677. The molecule has 31 heavy (non-hydrogen) atoms. The van der Waals surface area contributed by atoms with E-state index in [9.17, 15) is 27.9 Å². The van der Waals surface area contributed by atoms with Gasteiger partial charge in [0.25, 0.3) is 0 Å². The van der Waals surface area contributed by atoms with Gasteiger partial charge in [0.15, 0.2) is 5.96 Å². The number of hydrogen-bond acceptors (Lipinski definition) is 6. The van der Waals surface area contributed by atoms with Crippen LogP contribution in [0.25, 0.3) is 0 Å². The first-order valence-corrected chi connectivity index (χ1v) is 8.66. The van der Waals surface area contributed by atoms with E-state index in [4.69, 9.17) is 32.2 Å². The molecule has 0 aliphatic rings. The van der Waals surface area contributed by atoms with Crippen molar-refractivity contribution in [1.29, 1.82) is 0 Å². The molecule has 0 saturated heterocycles. The maximum Gasteiger partial charge on any atom is 0.490 e. The molecular formula is C17H24F3N5O6. The predicted molar refractivity (Wildman–Crippen MR) is 103 cm³/mol. The number of nitrogens with one attached hydrogen (secondary N) is 1. The Bertz CT molecular complexity index is 767. The van der Waals surface area contributed by atoms with Gasteiger partial charge < -0.3 is 37.8 Å². The molecule has 0 bridgehead atoms. The zero-order valence-corrected chi connectivity index (χ0v) is 16.2. The van der Waals surface area contributed by atoms with Crippen LogP contribution >= 0.6 is 0 Å². The van der Waals surface area contributed by atoms with Crippen molar-refractivity contribution >= 4 is 23.8 Å². The van der Waals surface area contributed by atoms with Crippen LogP contribution in [0.1, 0.15) is 18.4 Å². The van der Waals surface area contributed by atoms with Crippen LogP contribution in [0.2, 0.25) is 0 Å². The van der Waals surface area contributed by atoms with Gasteiger partial charge in [-0.3, -0.25) is 9.79 Å². The number of phenols is 1. The van der Waals surface area contributed by atoms with Crippen molar-refractivity contribution in [3.05, 3.63) is 29.8 Å². The maximum atomic E-state index is 12.1. The first-order valence-electron chi connectivity index (χ1n) is 8.66. The van der Waals surface area contributed by atoms with Crippen molar-refractivity contribution < 1.29 is 42.9 Å². The van der Waals surface area contributed by atoms with Gasteiger partial charge in [-0.25, -0.2) is 9.59 Å². The smallest absolute Gasteiger partial charge is 0.490 e. The summed E-state index contributed by atoms with van der Waals surface area (Å²) in [6.45, 7) is 0.279. The summed E-state index contributed by atoms with van der Waals surface area (Å²) in [5, 5.41) is 27.9. The fourth-order valence-corrected chi connectivity index (χ4v) is 2.02. The molecule has 0 aliphatic carbocycles. The lowest BCUT2D eigenvalue weighted by atomic mass is 10.0. The van der Waals surface area contributed by atoms with Gasteiger partial charge in [0.2, 0.25) is 5.91 Å². The van der Waals surface area contributed by atoms with Crippen molar-refractivity contribution in [1.82, 2.24) is 5.32 Å². The highest BCUT2D eigenvalue weighted by molar-refractivity contribution is 5.87. The largest absolute Gasteiger partial charge is 0.508 e. The molecular weight excluding hydrogens is 427 g/mol. The molecule has 0 aliphatic heterocycles. The number of aliphatic carboxylic acids is 2. The number of halogens is 3. The second-order valence-electron chi connectivity index (χ2n) is 6.13. The molecule has 174 valence electrons. The highest BCUT2D eigenvalue weighted by Gasteiger charge is 2.38. The van der Waals surface area contributed by atoms with Crippen LogP contribution in [0.4, 0.5) is 13.2 Å². The van der Waals surface area contributed by atoms with Gasteiger partial charge in [-0.1, -0.05) is 12.1 Å². The van der Waals surface area contributed by atoms with Crippen molar-refractivity contribution in [2.75, 3.05) is 6.54 Å². The minimum atomic E-state index is -5.08. The molecule has 0 aromatic heterocycles. The van der Waals surface area contributed by atoms with Gasteiger partial charge in [-0.15, -0.1) is 0 Å². The fraction of sp³-hybridized carbons (Fsp3) is 0.412. The second kappa shape index (κ2) is 12.9. The summed E-state index contributed by atoms with van der Waals surface area (Å²) in [6.07, 6.45) is -4.27. The summed E-state index contributed by atoms with van der Waals surface area (Å²) < 4.78 is 31.7. The molecule has 0 unspecified atom stereocenters. The van der Waals surface area contributed by atoms with E-state index in [2.05, 4.69) is 10.3 Å². The van der Waals surface area contributed by atoms with Crippen LogP contribution in [0.15, 0.2) is 29.3 Å². The topological polar surface area (TPSA) is 214 Å². The molecule has 11 nitrogen and oxygen atoms in total. The van der Waals surface area contributed by atoms with Crippen LogP contribution < -0.4 is 22.5 Å². The molecule has 10 N–H and O–H groups in total. The van der Waals surface area contributed by atoms with E-state index in [-0.39, 0.29) is 31.1 Å². The highest BCUT2D eigenvalue weighted by atomic mass is 19.4. The molecule has 0 saturated carbocycles. The Hall–Kier alpha value is -3.55. The normalized spacial score (nSPS) is 12.5.